The molecule has 2 N–H and O–H groups in total. The average molecular weight is 470 g/mol. The van der Waals surface area contributed by atoms with Crippen LogP contribution in [0, 0.1) is 10.6 Å². The fourth-order valence-electron chi connectivity index (χ4n) is 4.27. The lowest BCUT2D eigenvalue weighted by atomic mass is 10.0. The number of aromatic amines is 1. The van der Waals surface area contributed by atoms with Crippen LogP contribution in [0.4, 0.5) is 10.1 Å². The van der Waals surface area contributed by atoms with E-state index in [0.29, 0.717) is 16.5 Å². The summed E-state index contributed by atoms with van der Waals surface area (Å²) < 4.78 is 15.8. The third-order valence-corrected chi connectivity index (χ3v) is 6.70. The number of rotatable bonds is 5. The molecule has 1 saturated heterocycles. The smallest absolute Gasteiger partial charge is 0.261 e. The monoisotopic (exact) mass is 469 g/mol. The standard InChI is InChI=1S/C24H28FN5O2S/c1-4-29-9-11-30(12-10-29)21-8-6-17(25)14-19(21)15(2)26-22(31)16-5-7-18-20(13-16)27-24(33)28(3)23(18)32/h5-8,13-15H,4,9-12H2,1-3H3,(H,26,31)(H,27,33). The predicted octanol–water partition coefficient (Wildman–Crippen LogP) is 3.37. The minimum atomic E-state index is -0.412. The molecular weight excluding hydrogens is 441 g/mol. The summed E-state index contributed by atoms with van der Waals surface area (Å²) in [6.07, 6.45) is 0. The van der Waals surface area contributed by atoms with Crippen LogP contribution in [0.25, 0.3) is 10.9 Å². The topological polar surface area (TPSA) is 73.4 Å². The Labute approximate surface area is 196 Å². The number of likely N-dealkylation sites (N-methyl/N-ethyl adjacent to an activating group) is 1. The van der Waals surface area contributed by atoms with Gasteiger partial charge in [-0.25, -0.2) is 4.39 Å². The maximum Gasteiger partial charge on any atom is 0.261 e. The van der Waals surface area contributed by atoms with Crippen molar-refractivity contribution in [2.75, 3.05) is 37.6 Å². The summed E-state index contributed by atoms with van der Waals surface area (Å²) >= 11 is 5.18. The van der Waals surface area contributed by atoms with Crippen molar-refractivity contribution in [3.05, 3.63) is 68.5 Å². The highest BCUT2D eigenvalue weighted by Crippen LogP contribution is 2.28. The van der Waals surface area contributed by atoms with Crippen molar-refractivity contribution in [2.24, 2.45) is 7.05 Å². The number of benzene rings is 2. The summed E-state index contributed by atoms with van der Waals surface area (Å²) in [5.74, 6) is -0.647. The number of anilines is 1. The van der Waals surface area contributed by atoms with Crippen LogP contribution in [-0.2, 0) is 7.05 Å². The number of amides is 1. The lowest BCUT2D eigenvalue weighted by Gasteiger charge is -2.37. The number of carbonyl (C=O) groups is 1. The highest BCUT2D eigenvalue weighted by Gasteiger charge is 2.22. The molecule has 3 aromatic rings. The van der Waals surface area contributed by atoms with Crippen LogP contribution >= 0.6 is 12.2 Å². The second-order valence-electron chi connectivity index (χ2n) is 8.37. The van der Waals surface area contributed by atoms with Gasteiger partial charge >= 0.3 is 0 Å². The molecule has 0 bridgehead atoms. The second kappa shape index (κ2) is 9.44. The SMILES string of the molecule is CCN1CCN(c2ccc(F)cc2C(C)NC(=O)c2ccc3c(=O)n(C)c(=S)[nH]c3c2)CC1. The van der Waals surface area contributed by atoms with Gasteiger partial charge < -0.3 is 20.1 Å². The van der Waals surface area contributed by atoms with E-state index in [-0.39, 0.29) is 22.1 Å². The van der Waals surface area contributed by atoms with Crippen molar-refractivity contribution in [1.29, 1.82) is 0 Å². The molecular formula is C24H28FN5O2S. The molecule has 0 spiro atoms. The minimum absolute atomic E-state index is 0.221. The van der Waals surface area contributed by atoms with Gasteiger partial charge in [-0.05, 0) is 62.1 Å². The van der Waals surface area contributed by atoms with Crippen LogP contribution < -0.4 is 15.8 Å². The van der Waals surface area contributed by atoms with E-state index in [9.17, 15) is 14.0 Å². The molecule has 174 valence electrons. The number of nitrogens with one attached hydrogen (secondary N) is 2. The van der Waals surface area contributed by atoms with Gasteiger partial charge in [-0.1, -0.05) is 6.92 Å². The molecule has 1 fully saturated rings. The molecule has 2 aromatic carbocycles. The quantitative estimate of drug-likeness (QED) is 0.561. The van der Waals surface area contributed by atoms with Crippen molar-refractivity contribution >= 4 is 34.7 Å². The maximum atomic E-state index is 14.1. The molecule has 7 nitrogen and oxygen atoms in total. The first-order chi connectivity index (χ1) is 15.8. The fourth-order valence-corrected chi connectivity index (χ4v) is 4.46. The van der Waals surface area contributed by atoms with Gasteiger partial charge in [0.15, 0.2) is 4.77 Å². The second-order valence-corrected chi connectivity index (χ2v) is 8.76. The molecule has 4 rings (SSSR count). The van der Waals surface area contributed by atoms with Gasteiger partial charge in [-0.15, -0.1) is 0 Å². The third-order valence-electron chi connectivity index (χ3n) is 6.33. The summed E-state index contributed by atoms with van der Waals surface area (Å²) in [6, 6.07) is 9.18. The van der Waals surface area contributed by atoms with Crippen LogP contribution in [0.5, 0.6) is 0 Å². The van der Waals surface area contributed by atoms with Gasteiger partial charge in [-0.3, -0.25) is 14.2 Å². The first-order valence-corrected chi connectivity index (χ1v) is 11.5. The van der Waals surface area contributed by atoms with E-state index >= 15 is 0 Å². The first-order valence-electron chi connectivity index (χ1n) is 11.1. The number of piperazine rings is 1. The predicted molar refractivity (Wildman–Crippen MR) is 131 cm³/mol. The Morgan fingerprint density at radius 1 is 1.18 bits per heavy atom. The summed E-state index contributed by atoms with van der Waals surface area (Å²) in [6.45, 7) is 8.62. The Kier molecular flexibility index (Phi) is 6.62. The molecule has 1 aromatic heterocycles. The highest BCUT2D eigenvalue weighted by molar-refractivity contribution is 7.71. The fraction of sp³-hybridized carbons (Fsp3) is 0.375. The summed E-state index contributed by atoms with van der Waals surface area (Å²) in [7, 11) is 1.60. The van der Waals surface area contributed by atoms with E-state index in [1.165, 1.54) is 16.7 Å². The van der Waals surface area contributed by atoms with Gasteiger partial charge in [0, 0.05) is 50.0 Å². The third kappa shape index (κ3) is 4.69. The van der Waals surface area contributed by atoms with E-state index in [1.807, 2.05) is 6.92 Å². The number of hydrogen-bond donors (Lipinski definition) is 2. The van der Waals surface area contributed by atoms with Crippen molar-refractivity contribution in [3.63, 3.8) is 0 Å². The number of carbonyl (C=O) groups excluding carboxylic acids is 1. The summed E-state index contributed by atoms with van der Waals surface area (Å²) in [4.78, 5) is 33.0. The Morgan fingerprint density at radius 2 is 1.91 bits per heavy atom. The molecule has 0 saturated carbocycles. The number of fused-ring (bicyclic) bond motifs is 1. The number of aromatic nitrogens is 2. The van der Waals surface area contributed by atoms with Crippen molar-refractivity contribution in [1.82, 2.24) is 19.8 Å². The van der Waals surface area contributed by atoms with Gasteiger partial charge in [-0.2, -0.15) is 0 Å². The summed E-state index contributed by atoms with van der Waals surface area (Å²) in [5, 5.41) is 3.43. The molecule has 0 radical (unpaired) electrons. The van der Waals surface area contributed by atoms with E-state index < -0.39 is 6.04 Å². The van der Waals surface area contributed by atoms with E-state index in [0.717, 1.165) is 44.0 Å². The van der Waals surface area contributed by atoms with E-state index in [1.54, 1.807) is 31.3 Å². The zero-order chi connectivity index (χ0) is 23.7. The maximum absolute atomic E-state index is 14.1. The van der Waals surface area contributed by atoms with Crippen LogP contribution in [0.15, 0.2) is 41.2 Å². The van der Waals surface area contributed by atoms with Gasteiger partial charge in [0.05, 0.1) is 16.9 Å². The van der Waals surface area contributed by atoms with Gasteiger partial charge in [0.2, 0.25) is 0 Å². The van der Waals surface area contributed by atoms with Crippen molar-refractivity contribution in [2.45, 2.75) is 19.9 Å². The van der Waals surface area contributed by atoms with Crippen molar-refractivity contribution < 1.29 is 9.18 Å². The minimum Gasteiger partial charge on any atom is -0.369 e. The lowest BCUT2D eigenvalue weighted by Crippen LogP contribution is -2.46. The number of halogens is 1. The number of nitrogens with zero attached hydrogens (tertiary/aromatic N) is 3. The molecule has 1 amide bonds. The Hall–Kier alpha value is -3.04. The first kappa shape index (κ1) is 23.1. The number of H-pyrrole nitrogens is 1. The Balaban J connectivity index is 1.58. The summed E-state index contributed by atoms with van der Waals surface area (Å²) in [5.41, 5.74) is 2.35. The molecule has 1 aliphatic heterocycles. The number of hydrogen-bond acceptors (Lipinski definition) is 5. The normalized spacial score (nSPS) is 15.6. The average Bonchev–Trinajstić information content (AvgIpc) is 2.82. The molecule has 2 heterocycles. The molecule has 9 heteroatoms. The zero-order valence-electron chi connectivity index (χ0n) is 19.0. The van der Waals surface area contributed by atoms with E-state index in [2.05, 4.69) is 27.0 Å². The van der Waals surface area contributed by atoms with Crippen LogP contribution in [0.2, 0.25) is 0 Å². The lowest BCUT2D eigenvalue weighted by molar-refractivity contribution is 0.0940. The van der Waals surface area contributed by atoms with Crippen molar-refractivity contribution in [3.8, 4) is 0 Å². The molecule has 0 aliphatic carbocycles. The van der Waals surface area contributed by atoms with Gasteiger partial charge in [0.25, 0.3) is 11.5 Å². The van der Waals surface area contributed by atoms with E-state index in [4.69, 9.17) is 12.2 Å². The van der Waals surface area contributed by atoms with Gasteiger partial charge in [0.1, 0.15) is 5.82 Å². The van der Waals surface area contributed by atoms with Crippen LogP contribution in [0.1, 0.15) is 35.8 Å². The zero-order valence-corrected chi connectivity index (χ0v) is 19.8. The Bertz CT molecular complexity index is 1310. The molecule has 1 atom stereocenters. The Morgan fingerprint density at radius 3 is 2.61 bits per heavy atom. The van der Waals surface area contributed by atoms with Crippen LogP contribution in [-0.4, -0.2) is 53.1 Å². The van der Waals surface area contributed by atoms with Crippen LogP contribution in [0.3, 0.4) is 0 Å². The molecule has 1 aliphatic rings. The highest BCUT2D eigenvalue weighted by atomic mass is 32.1. The molecule has 1 unspecified atom stereocenters. The largest absolute Gasteiger partial charge is 0.369 e. The molecule has 33 heavy (non-hydrogen) atoms.